The summed E-state index contributed by atoms with van der Waals surface area (Å²) in [6, 6.07) is 15.7. The van der Waals surface area contributed by atoms with Crippen molar-refractivity contribution in [2.45, 2.75) is 44.2 Å². The minimum absolute atomic E-state index is 0.0461. The molecule has 2 bridgehead atoms. The van der Waals surface area contributed by atoms with Gasteiger partial charge in [-0.25, -0.2) is 17.9 Å². The van der Waals surface area contributed by atoms with E-state index in [9.17, 15) is 13.2 Å². The summed E-state index contributed by atoms with van der Waals surface area (Å²) in [5.41, 5.74) is 3.15. The topological polar surface area (TPSA) is 79.0 Å². The van der Waals surface area contributed by atoms with Gasteiger partial charge in [0.1, 0.15) is 5.75 Å². The molecule has 2 aromatic carbocycles. The summed E-state index contributed by atoms with van der Waals surface area (Å²) in [6.45, 7) is 1.85. The fraction of sp³-hybridized carbons (Fsp3) is 0.480. The summed E-state index contributed by atoms with van der Waals surface area (Å²) in [5.74, 6) is 0.852. The van der Waals surface area contributed by atoms with Gasteiger partial charge in [-0.05, 0) is 49.3 Å². The van der Waals surface area contributed by atoms with Crippen LogP contribution in [0.2, 0.25) is 0 Å². The van der Waals surface area contributed by atoms with Gasteiger partial charge in [-0.15, -0.1) is 0 Å². The number of rotatable bonds is 2. The second-order valence-corrected chi connectivity index (χ2v) is 10.8. The van der Waals surface area contributed by atoms with E-state index in [0.29, 0.717) is 32.5 Å². The third kappa shape index (κ3) is 5.86. The van der Waals surface area contributed by atoms with Gasteiger partial charge in [0.25, 0.3) is 0 Å². The average Bonchev–Trinajstić information content (AvgIpc) is 2.78. The molecule has 0 saturated carbocycles. The van der Waals surface area contributed by atoms with Crippen LogP contribution >= 0.6 is 0 Å². The molecule has 8 heteroatoms. The van der Waals surface area contributed by atoms with Crippen molar-refractivity contribution in [3.63, 3.8) is 0 Å². The normalized spacial score (nSPS) is 22.4. The van der Waals surface area contributed by atoms with E-state index in [1.807, 2.05) is 42.3 Å². The Morgan fingerprint density at radius 1 is 1.03 bits per heavy atom. The number of carbonyl (C=O) groups is 1. The fourth-order valence-electron chi connectivity index (χ4n) is 4.85. The number of nitrogens with zero attached hydrogens (tertiary/aromatic N) is 2. The quantitative estimate of drug-likeness (QED) is 0.727. The molecule has 0 radical (unpaired) electrons. The smallest absolute Gasteiger partial charge is 0.320 e. The van der Waals surface area contributed by atoms with Crippen LogP contribution in [0, 0.1) is 0 Å². The van der Waals surface area contributed by atoms with E-state index < -0.39 is 10.0 Å². The van der Waals surface area contributed by atoms with Crippen molar-refractivity contribution in [1.82, 2.24) is 14.5 Å². The number of sulfonamides is 1. The van der Waals surface area contributed by atoms with Crippen LogP contribution < -0.4 is 9.46 Å². The molecule has 2 aromatic rings. The van der Waals surface area contributed by atoms with Gasteiger partial charge in [-0.2, -0.15) is 0 Å². The first-order valence-corrected chi connectivity index (χ1v) is 13.5. The molecule has 0 spiro atoms. The number of hydrogen-bond donors (Lipinski definition) is 1. The van der Waals surface area contributed by atoms with E-state index in [0.717, 1.165) is 41.7 Å². The first kappa shape index (κ1) is 23.6. The van der Waals surface area contributed by atoms with Crippen molar-refractivity contribution in [1.29, 1.82) is 0 Å². The zero-order chi connectivity index (χ0) is 23.4. The van der Waals surface area contributed by atoms with E-state index >= 15 is 0 Å². The van der Waals surface area contributed by atoms with Crippen LogP contribution in [0.4, 0.5) is 4.79 Å². The maximum absolute atomic E-state index is 13.4. The number of carbonyl (C=O) groups excluding carboxylic acids is 1. The lowest BCUT2D eigenvalue weighted by atomic mass is 9.90. The van der Waals surface area contributed by atoms with E-state index in [1.54, 1.807) is 4.90 Å². The van der Waals surface area contributed by atoms with Crippen LogP contribution in [0.25, 0.3) is 11.1 Å². The standard InChI is InChI=1S/C25H33N3O4S/c1-27-14-5-6-16-32-24-13-4-3-11-21(24)20-10-7-9-19(17-20)18-23-22(26-33(2,30)31)12-8-15-28(23)25(27)29/h3-4,7,9-11,13,17,22-23,26H,5-6,8,12,14-16,18H2,1-2H3. The molecule has 2 aliphatic rings. The van der Waals surface area contributed by atoms with Gasteiger partial charge in [0, 0.05) is 31.7 Å². The Morgan fingerprint density at radius 3 is 2.67 bits per heavy atom. The van der Waals surface area contributed by atoms with Crippen LogP contribution in [-0.4, -0.2) is 69.3 Å². The Bertz CT molecular complexity index is 1090. The fourth-order valence-corrected chi connectivity index (χ4v) is 5.67. The molecule has 1 N–H and O–H groups in total. The molecule has 1 saturated heterocycles. The van der Waals surface area contributed by atoms with Crippen molar-refractivity contribution < 1.29 is 17.9 Å². The first-order valence-electron chi connectivity index (χ1n) is 11.6. The lowest BCUT2D eigenvalue weighted by molar-refractivity contribution is 0.108. The molecule has 4 rings (SSSR count). The summed E-state index contributed by atoms with van der Waals surface area (Å²) in [7, 11) is -1.58. The van der Waals surface area contributed by atoms with E-state index in [1.165, 1.54) is 6.26 Å². The Kier molecular flexibility index (Phi) is 7.24. The number of para-hydroxylation sites is 1. The zero-order valence-electron chi connectivity index (χ0n) is 19.4. The highest BCUT2D eigenvalue weighted by Crippen LogP contribution is 2.32. The second-order valence-electron chi connectivity index (χ2n) is 9.06. The van der Waals surface area contributed by atoms with Gasteiger partial charge in [0.05, 0.1) is 18.9 Å². The third-order valence-corrected chi connectivity index (χ3v) is 7.16. The largest absolute Gasteiger partial charge is 0.493 e. The predicted molar refractivity (Wildman–Crippen MR) is 130 cm³/mol. The molecular formula is C25H33N3O4S. The summed E-state index contributed by atoms with van der Waals surface area (Å²) in [6.07, 6.45) is 4.91. The number of urea groups is 1. The molecule has 2 unspecified atom stereocenters. The van der Waals surface area contributed by atoms with Gasteiger partial charge in [-0.3, -0.25) is 0 Å². The van der Waals surface area contributed by atoms with Crippen LogP contribution in [-0.2, 0) is 16.4 Å². The summed E-state index contributed by atoms with van der Waals surface area (Å²) >= 11 is 0. The molecule has 0 aromatic heterocycles. The Balaban J connectivity index is 1.73. The van der Waals surface area contributed by atoms with Gasteiger partial charge < -0.3 is 14.5 Å². The molecule has 2 aliphatic heterocycles. The van der Waals surface area contributed by atoms with Crippen molar-refractivity contribution >= 4 is 16.1 Å². The lowest BCUT2D eigenvalue weighted by Gasteiger charge is -2.43. The molecule has 7 nitrogen and oxygen atoms in total. The van der Waals surface area contributed by atoms with Gasteiger partial charge in [-0.1, -0.05) is 42.5 Å². The zero-order valence-corrected chi connectivity index (χ0v) is 20.2. The van der Waals surface area contributed by atoms with Crippen molar-refractivity contribution in [3.8, 4) is 16.9 Å². The lowest BCUT2D eigenvalue weighted by Crippen LogP contribution is -2.59. The van der Waals surface area contributed by atoms with E-state index in [2.05, 4.69) is 22.9 Å². The number of nitrogens with one attached hydrogen (secondary N) is 1. The minimum atomic E-state index is -3.40. The van der Waals surface area contributed by atoms with Gasteiger partial charge in [0.2, 0.25) is 10.0 Å². The number of fused-ring (bicyclic) bond motifs is 5. The summed E-state index contributed by atoms with van der Waals surface area (Å²) in [4.78, 5) is 17.0. The Labute approximate surface area is 196 Å². The predicted octanol–water partition coefficient (Wildman–Crippen LogP) is 3.50. The summed E-state index contributed by atoms with van der Waals surface area (Å²) in [5, 5.41) is 0. The Hall–Kier alpha value is -2.58. The van der Waals surface area contributed by atoms with Crippen LogP contribution in [0.1, 0.15) is 31.2 Å². The highest BCUT2D eigenvalue weighted by molar-refractivity contribution is 7.88. The number of ether oxygens (including phenoxy) is 1. The van der Waals surface area contributed by atoms with Crippen molar-refractivity contribution in [3.05, 3.63) is 54.1 Å². The van der Waals surface area contributed by atoms with Crippen LogP contribution in [0.3, 0.4) is 0 Å². The average molecular weight is 472 g/mol. The molecular weight excluding hydrogens is 438 g/mol. The minimum Gasteiger partial charge on any atom is -0.493 e. The second kappa shape index (κ2) is 10.1. The molecule has 1 fully saturated rings. The van der Waals surface area contributed by atoms with E-state index in [-0.39, 0.29) is 18.1 Å². The number of piperidine rings is 1. The number of amides is 2. The first-order chi connectivity index (χ1) is 15.8. The van der Waals surface area contributed by atoms with Gasteiger partial charge in [0.15, 0.2) is 0 Å². The Morgan fingerprint density at radius 2 is 1.85 bits per heavy atom. The maximum Gasteiger partial charge on any atom is 0.320 e. The highest BCUT2D eigenvalue weighted by atomic mass is 32.2. The number of hydrogen-bond acceptors (Lipinski definition) is 4. The van der Waals surface area contributed by atoms with Crippen LogP contribution in [0.15, 0.2) is 48.5 Å². The molecule has 178 valence electrons. The molecule has 33 heavy (non-hydrogen) atoms. The molecule has 2 heterocycles. The number of benzene rings is 2. The van der Waals surface area contributed by atoms with Crippen molar-refractivity contribution in [2.24, 2.45) is 0 Å². The maximum atomic E-state index is 13.4. The molecule has 0 aliphatic carbocycles. The monoisotopic (exact) mass is 471 g/mol. The van der Waals surface area contributed by atoms with Crippen molar-refractivity contribution in [2.75, 3.05) is 33.0 Å². The molecule has 2 atom stereocenters. The van der Waals surface area contributed by atoms with Crippen LogP contribution in [0.5, 0.6) is 5.75 Å². The third-order valence-electron chi connectivity index (χ3n) is 6.43. The molecule has 2 amide bonds. The van der Waals surface area contributed by atoms with Gasteiger partial charge >= 0.3 is 6.03 Å². The highest BCUT2D eigenvalue weighted by Gasteiger charge is 2.37. The summed E-state index contributed by atoms with van der Waals surface area (Å²) < 4.78 is 33.1. The SMILES string of the molecule is CN1CCCCOc2ccccc2-c2cccc(c2)CC2C(NS(C)(=O)=O)CCCN2C1=O. The van der Waals surface area contributed by atoms with E-state index in [4.69, 9.17) is 4.74 Å².